The molecule has 1 aromatic heterocycles. The molecule has 1 aliphatic carbocycles. The van der Waals surface area contributed by atoms with Gasteiger partial charge in [-0.1, -0.05) is 19.1 Å². The molecule has 1 fully saturated rings. The van der Waals surface area contributed by atoms with E-state index in [1.165, 1.54) is 18.4 Å². The predicted octanol–water partition coefficient (Wildman–Crippen LogP) is 2.10. The minimum absolute atomic E-state index is 0.247. The third kappa shape index (κ3) is 2.59. The smallest absolute Gasteiger partial charge is 0.322 e. The van der Waals surface area contributed by atoms with Crippen LogP contribution in [0, 0.1) is 0 Å². The van der Waals surface area contributed by atoms with Gasteiger partial charge in [-0.05, 0) is 36.0 Å². The van der Waals surface area contributed by atoms with E-state index in [0.29, 0.717) is 5.56 Å². The van der Waals surface area contributed by atoms with E-state index in [9.17, 15) is 9.59 Å². The molecule has 1 heterocycles. The van der Waals surface area contributed by atoms with Crippen LogP contribution in [0.2, 0.25) is 0 Å². The Labute approximate surface area is 122 Å². The van der Waals surface area contributed by atoms with Gasteiger partial charge < -0.3 is 10.4 Å². The molecule has 108 valence electrons. The third-order valence-corrected chi connectivity index (χ3v) is 4.08. The van der Waals surface area contributed by atoms with Gasteiger partial charge in [0.2, 0.25) is 0 Å². The lowest BCUT2D eigenvalue weighted by Crippen LogP contribution is -2.29. The molecule has 0 saturated heterocycles. The summed E-state index contributed by atoms with van der Waals surface area (Å²) in [4.78, 5) is 26.9. The van der Waals surface area contributed by atoms with Gasteiger partial charge in [-0.25, -0.2) is 0 Å². The van der Waals surface area contributed by atoms with E-state index < -0.39 is 18.4 Å². The molecule has 3 rings (SSSR count). The fourth-order valence-corrected chi connectivity index (χ4v) is 2.45. The van der Waals surface area contributed by atoms with Gasteiger partial charge in [0.05, 0.1) is 11.1 Å². The van der Waals surface area contributed by atoms with Crippen LogP contribution in [-0.4, -0.2) is 28.5 Å². The Kier molecular flexibility index (Phi) is 3.12. The first-order chi connectivity index (χ1) is 9.99. The van der Waals surface area contributed by atoms with Crippen molar-refractivity contribution >= 4 is 22.8 Å². The molecule has 5 nitrogen and oxygen atoms in total. The molecule has 5 heteroatoms. The Bertz CT molecular complexity index is 735. The van der Waals surface area contributed by atoms with E-state index in [4.69, 9.17) is 5.11 Å². The van der Waals surface area contributed by atoms with Gasteiger partial charge >= 0.3 is 5.97 Å². The lowest BCUT2D eigenvalue weighted by molar-refractivity contribution is -0.135. The fourth-order valence-electron chi connectivity index (χ4n) is 2.45. The molecule has 2 N–H and O–H groups in total. The Morgan fingerprint density at radius 3 is 2.76 bits per heavy atom. The summed E-state index contributed by atoms with van der Waals surface area (Å²) in [5, 5.41) is 11.8. The van der Waals surface area contributed by atoms with Crippen molar-refractivity contribution < 1.29 is 14.7 Å². The summed E-state index contributed by atoms with van der Waals surface area (Å²) in [5.41, 5.74) is 2.71. The van der Waals surface area contributed by atoms with E-state index in [0.717, 1.165) is 10.9 Å². The summed E-state index contributed by atoms with van der Waals surface area (Å²) in [6, 6.07) is 7.57. The second-order valence-electron chi connectivity index (χ2n) is 5.73. The largest absolute Gasteiger partial charge is 0.480 e. The first kappa shape index (κ1) is 13.5. The highest BCUT2D eigenvalue weighted by molar-refractivity contribution is 6.06. The van der Waals surface area contributed by atoms with E-state index in [-0.39, 0.29) is 5.41 Å². The predicted molar refractivity (Wildman–Crippen MR) is 78.3 cm³/mol. The molecule has 1 saturated carbocycles. The molecule has 0 aliphatic heterocycles. The van der Waals surface area contributed by atoms with Crippen molar-refractivity contribution in [2.45, 2.75) is 25.2 Å². The molecule has 1 aliphatic rings. The van der Waals surface area contributed by atoms with Crippen molar-refractivity contribution in [1.82, 2.24) is 10.3 Å². The van der Waals surface area contributed by atoms with E-state index in [1.807, 2.05) is 18.2 Å². The van der Waals surface area contributed by atoms with Crippen LogP contribution in [0.25, 0.3) is 10.9 Å². The topological polar surface area (TPSA) is 79.3 Å². The summed E-state index contributed by atoms with van der Waals surface area (Å²) >= 11 is 0. The maximum atomic E-state index is 12.1. The molecule has 0 spiro atoms. The van der Waals surface area contributed by atoms with Crippen LogP contribution in [0.4, 0.5) is 0 Å². The van der Waals surface area contributed by atoms with Crippen LogP contribution in [0.5, 0.6) is 0 Å². The second kappa shape index (κ2) is 4.84. The number of pyridine rings is 1. The number of aliphatic carboxylic acids is 1. The zero-order valence-corrected chi connectivity index (χ0v) is 11.7. The van der Waals surface area contributed by atoms with Crippen LogP contribution in [0.3, 0.4) is 0 Å². The van der Waals surface area contributed by atoms with Crippen LogP contribution < -0.4 is 5.32 Å². The second-order valence-corrected chi connectivity index (χ2v) is 5.73. The SMILES string of the molecule is CC1(c2ccc3c(C(=O)NCC(=O)O)ccnc3c2)CC1. The molecule has 1 amide bonds. The van der Waals surface area contributed by atoms with Gasteiger partial charge in [-0.15, -0.1) is 0 Å². The molecular weight excluding hydrogens is 268 g/mol. The minimum Gasteiger partial charge on any atom is -0.480 e. The van der Waals surface area contributed by atoms with Crippen LogP contribution >= 0.6 is 0 Å². The number of carboxylic acids is 1. The Morgan fingerprint density at radius 1 is 1.33 bits per heavy atom. The number of hydrogen-bond acceptors (Lipinski definition) is 3. The summed E-state index contributed by atoms with van der Waals surface area (Å²) in [6.45, 7) is 1.83. The highest BCUT2D eigenvalue weighted by atomic mass is 16.4. The quantitative estimate of drug-likeness (QED) is 0.901. The number of aromatic nitrogens is 1. The number of amides is 1. The van der Waals surface area contributed by atoms with Crippen molar-refractivity contribution in [3.63, 3.8) is 0 Å². The number of nitrogens with one attached hydrogen (secondary N) is 1. The summed E-state index contributed by atoms with van der Waals surface area (Å²) < 4.78 is 0. The summed E-state index contributed by atoms with van der Waals surface area (Å²) in [5.74, 6) is -1.46. The number of carbonyl (C=O) groups excluding carboxylic acids is 1. The molecule has 0 unspecified atom stereocenters. The van der Waals surface area contributed by atoms with Gasteiger partial charge in [0, 0.05) is 11.6 Å². The number of carbonyl (C=O) groups is 2. The highest BCUT2D eigenvalue weighted by Crippen LogP contribution is 2.47. The average Bonchev–Trinajstić information content (AvgIpc) is 3.22. The normalized spacial score (nSPS) is 15.7. The van der Waals surface area contributed by atoms with Crippen molar-refractivity contribution in [1.29, 1.82) is 0 Å². The Hall–Kier alpha value is -2.43. The van der Waals surface area contributed by atoms with Gasteiger partial charge in [-0.2, -0.15) is 0 Å². The number of benzene rings is 1. The summed E-state index contributed by atoms with van der Waals surface area (Å²) in [6.07, 6.45) is 3.94. The van der Waals surface area contributed by atoms with Gasteiger partial charge in [0.15, 0.2) is 0 Å². The molecule has 0 radical (unpaired) electrons. The van der Waals surface area contributed by atoms with Crippen molar-refractivity contribution in [2.24, 2.45) is 0 Å². The number of nitrogens with zero attached hydrogens (tertiary/aromatic N) is 1. The summed E-state index contributed by atoms with van der Waals surface area (Å²) in [7, 11) is 0. The van der Waals surface area contributed by atoms with E-state index in [1.54, 1.807) is 12.3 Å². The molecule has 21 heavy (non-hydrogen) atoms. The lowest BCUT2D eigenvalue weighted by atomic mass is 9.96. The molecule has 0 atom stereocenters. The highest BCUT2D eigenvalue weighted by Gasteiger charge is 2.39. The van der Waals surface area contributed by atoms with Crippen molar-refractivity contribution in [3.05, 3.63) is 41.6 Å². The third-order valence-electron chi connectivity index (χ3n) is 4.08. The molecule has 1 aromatic carbocycles. The van der Waals surface area contributed by atoms with Gasteiger partial charge in [0.25, 0.3) is 5.91 Å². The zero-order chi connectivity index (χ0) is 15.0. The van der Waals surface area contributed by atoms with E-state index >= 15 is 0 Å². The Balaban J connectivity index is 1.96. The van der Waals surface area contributed by atoms with Gasteiger partial charge in [0.1, 0.15) is 6.54 Å². The molecule has 0 bridgehead atoms. The monoisotopic (exact) mass is 284 g/mol. The fraction of sp³-hybridized carbons (Fsp3) is 0.312. The lowest BCUT2D eigenvalue weighted by Gasteiger charge is -2.11. The van der Waals surface area contributed by atoms with Crippen LogP contribution in [0.15, 0.2) is 30.5 Å². The number of carboxylic acid groups (broad SMARTS) is 1. The maximum Gasteiger partial charge on any atom is 0.322 e. The minimum atomic E-state index is -1.06. The van der Waals surface area contributed by atoms with Crippen LogP contribution in [0.1, 0.15) is 35.7 Å². The van der Waals surface area contributed by atoms with Crippen LogP contribution in [-0.2, 0) is 10.2 Å². The number of rotatable bonds is 4. The standard InChI is InChI=1S/C16H16N2O3/c1-16(5-6-16)10-2-3-11-12(4-7-17-13(11)8-10)15(21)18-9-14(19)20/h2-4,7-8H,5-6,9H2,1H3,(H,18,21)(H,19,20). The molecule has 2 aromatic rings. The molecular formula is C16H16N2O3. The number of fused-ring (bicyclic) bond motifs is 1. The van der Waals surface area contributed by atoms with Gasteiger partial charge in [-0.3, -0.25) is 14.6 Å². The maximum absolute atomic E-state index is 12.1. The number of hydrogen-bond donors (Lipinski definition) is 2. The zero-order valence-electron chi connectivity index (χ0n) is 11.7. The van der Waals surface area contributed by atoms with Crippen molar-refractivity contribution in [2.75, 3.05) is 6.54 Å². The first-order valence-electron chi connectivity index (χ1n) is 6.89. The van der Waals surface area contributed by atoms with E-state index in [2.05, 4.69) is 17.2 Å². The first-order valence-corrected chi connectivity index (χ1v) is 6.89. The Morgan fingerprint density at radius 2 is 2.10 bits per heavy atom. The average molecular weight is 284 g/mol. The van der Waals surface area contributed by atoms with Crippen molar-refractivity contribution in [3.8, 4) is 0 Å².